The molecule has 1 atom stereocenters. The molecule has 1 saturated heterocycles. The van der Waals surface area contributed by atoms with Crippen molar-refractivity contribution in [2.45, 2.75) is 31.3 Å². The molecule has 0 amide bonds. The van der Waals surface area contributed by atoms with Gasteiger partial charge in [-0.3, -0.25) is 0 Å². The molecule has 0 spiro atoms. The van der Waals surface area contributed by atoms with Crippen LogP contribution in [-0.2, 0) is 0 Å². The van der Waals surface area contributed by atoms with Crippen LogP contribution in [0.4, 0.5) is 0 Å². The summed E-state index contributed by atoms with van der Waals surface area (Å²) in [4.78, 5) is 4.77. The fraction of sp³-hybridized carbons (Fsp3) is 1.00. The van der Waals surface area contributed by atoms with Gasteiger partial charge in [0.1, 0.15) is 0 Å². The molecular formula is C12H27N3O. The summed E-state index contributed by atoms with van der Waals surface area (Å²) in [5, 5.41) is 12.6. The van der Waals surface area contributed by atoms with Gasteiger partial charge < -0.3 is 20.2 Å². The Labute approximate surface area is 99.6 Å². The molecule has 0 aromatic carbocycles. The quantitative estimate of drug-likeness (QED) is 0.695. The predicted octanol–water partition coefficient (Wildman–Crippen LogP) is -0.0172. The van der Waals surface area contributed by atoms with Crippen LogP contribution in [0.1, 0.15) is 19.8 Å². The third kappa shape index (κ3) is 3.70. The van der Waals surface area contributed by atoms with E-state index in [0.29, 0.717) is 0 Å². The lowest BCUT2D eigenvalue weighted by molar-refractivity contribution is 0.0898. The van der Waals surface area contributed by atoms with E-state index in [1.54, 1.807) is 0 Å². The van der Waals surface area contributed by atoms with E-state index in [1.807, 2.05) is 7.05 Å². The fourth-order valence-corrected chi connectivity index (χ4v) is 2.30. The summed E-state index contributed by atoms with van der Waals surface area (Å²) in [6.07, 6.45) is 2.47. The first kappa shape index (κ1) is 13.9. The average Bonchev–Trinajstić information content (AvgIpc) is 2.29. The van der Waals surface area contributed by atoms with Crippen molar-refractivity contribution < 1.29 is 5.11 Å². The van der Waals surface area contributed by atoms with E-state index in [2.05, 4.69) is 36.1 Å². The second-order valence-corrected chi connectivity index (χ2v) is 5.44. The number of likely N-dealkylation sites (N-methyl/N-ethyl adjacent to an activating group) is 1. The van der Waals surface area contributed by atoms with Crippen LogP contribution in [0.25, 0.3) is 0 Å². The molecule has 4 heteroatoms. The van der Waals surface area contributed by atoms with Crippen LogP contribution < -0.4 is 5.32 Å². The molecule has 0 aromatic heterocycles. The number of nitrogens with one attached hydrogen (secondary N) is 1. The molecule has 1 aliphatic rings. The normalized spacial score (nSPS) is 23.6. The zero-order valence-corrected chi connectivity index (χ0v) is 11.2. The zero-order chi connectivity index (χ0) is 12.2. The van der Waals surface area contributed by atoms with Crippen LogP contribution in [0.3, 0.4) is 0 Å². The summed E-state index contributed by atoms with van der Waals surface area (Å²) >= 11 is 0. The van der Waals surface area contributed by atoms with E-state index >= 15 is 0 Å². The number of hydrogen-bond acceptors (Lipinski definition) is 4. The fourth-order valence-electron chi connectivity index (χ4n) is 2.30. The van der Waals surface area contributed by atoms with Gasteiger partial charge in [-0.15, -0.1) is 0 Å². The van der Waals surface area contributed by atoms with E-state index in [4.69, 9.17) is 0 Å². The average molecular weight is 229 g/mol. The van der Waals surface area contributed by atoms with E-state index in [1.165, 1.54) is 12.8 Å². The van der Waals surface area contributed by atoms with Crippen LogP contribution in [-0.4, -0.2) is 73.9 Å². The lowest BCUT2D eigenvalue weighted by Gasteiger charge is -2.39. The van der Waals surface area contributed by atoms with Gasteiger partial charge in [0.2, 0.25) is 0 Å². The minimum Gasteiger partial charge on any atom is -0.394 e. The summed E-state index contributed by atoms with van der Waals surface area (Å²) in [5.74, 6) is 0. The summed E-state index contributed by atoms with van der Waals surface area (Å²) in [6, 6.07) is 0.728. The largest absolute Gasteiger partial charge is 0.394 e. The summed E-state index contributed by atoms with van der Waals surface area (Å²) < 4.78 is 0. The molecular weight excluding hydrogens is 202 g/mol. The molecule has 0 bridgehead atoms. The third-order valence-corrected chi connectivity index (χ3v) is 3.81. The molecule has 0 saturated carbocycles. The van der Waals surface area contributed by atoms with Crippen LogP contribution in [0, 0.1) is 0 Å². The van der Waals surface area contributed by atoms with Crippen LogP contribution >= 0.6 is 0 Å². The van der Waals surface area contributed by atoms with Gasteiger partial charge in [-0.05, 0) is 54.0 Å². The van der Waals surface area contributed by atoms with Crippen molar-refractivity contribution in [1.29, 1.82) is 0 Å². The number of nitrogens with zero attached hydrogens (tertiary/aromatic N) is 2. The molecule has 0 aromatic rings. The molecule has 0 radical (unpaired) electrons. The summed E-state index contributed by atoms with van der Waals surface area (Å²) in [6.45, 7) is 5.47. The van der Waals surface area contributed by atoms with Crippen molar-refractivity contribution in [1.82, 2.24) is 15.1 Å². The van der Waals surface area contributed by atoms with Gasteiger partial charge in [-0.2, -0.15) is 0 Å². The van der Waals surface area contributed by atoms with Crippen LogP contribution in [0.2, 0.25) is 0 Å². The number of hydrogen-bond donors (Lipinski definition) is 2. The minimum atomic E-state index is -0.162. The first-order chi connectivity index (χ1) is 7.50. The van der Waals surface area contributed by atoms with Gasteiger partial charge in [0, 0.05) is 12.6 Å². The van der Waals surface area contributed by atoms with Gasteiger partial charge in [0.15, 0.2) is 0 Å². The van der Waals surface area contributed by atoms with Gasteiger partial charge in [-0.25, -0.2) is 0 Å². The summed E-state index contributed by atoms with van der Waals surface area (Å²) in [7, 11) is 6.24. The first-order valence-electron chi connectivity index (χ1n) is 6.19. The standard InChI is InChI=1S/C12H27N3O/c1-12(10-16,13-2)9-15-7-5-11(6-8-15)14(3)4/h11,13,16H,5-10H2,1-4H3. The van der Waals surface area contributed by atoms with E-state index in [0.717, 1.165) is 25.7 Å². The molecule has 0 aliphatic carbocycles. The van der Waals surface area contributed by atoms with Gasteiger partial charge in [-0.1, -0.05) is 0 Å². The highest BCUT2D eigenvalue weighted by Crippen LogP contribution is 2.16. The predicted molar refractivity (Wildman–Crippen MR) is 67.7 cm³/mol. The smallest absolute Gasteiger partial charge is 0.0623 e. The Morgan fingerprint density at radius 1 is 1.38 bits per heavy atom. The Morgan fingerprint density at radius 3 is 2.31 bits per heavy atom. The number of rotatable bonds is 5. The Balaban J connectivity index is 2.37. The Morgan fingerprint density at radius 2 is 1.94 bits per heavy atom. The maximum Gasteiger partial charge on any atom is 0.0623 e. The lowest BCUT2D eigenvalue weighted by Crippen LogP contribution is -2.55. The monoisotopic (exact) mass is 229 g/mol. The molecule has 1 rings (SSSR count). The SMILES string of the molecule is CNC(C)(CO)CN1CCC(N(C)C)CC1. The van der Waals surface area contributed by atoms with Crippen molar-refractivity contribution in [3.63, 3.8) is 0 Å². The number of aliphatic hydroxyl groups excluding tert-OH is 1. The number of aliphatic hydroxyl groups is 1. The molecule has 16 heavy (non-hydrogen) atoms. The number of piperidine rings is 1. The van der Waals surface area contributed by atoms with E-state index in [-0.39, 0.29) is 12.1 Å². The maximum atomic E-state index is 9.36. The second-order valence-electron chi connectivity index (χ2n) is 5.44. The van der Waals surface area contributed by atoms with Gasteiger partial charge in [0.05, 0.1) is 12.1 Å². The van der Waals surface area contributed by atoms with E-state index < -0.39 is 0 Å². The first-order valence-corrected chi connectivity index (χ1v) is 6.19. The topological polar surface area (TPSA) is 38.7 Å². The molecule has 1 aliphatic heterocycles. The highest BCUT2D eigenvalue weighted by Gasteiger charge is 2.27. The lowest BCUT2D eigenvalue weighted by atomic mass is 9.99. The highest BCUT2D eigenvalue weighted by molar-refractivity contribution is 4.87. The highest BCUT2D eigenvalue weighted by atomic mass is 16.3. The minimum absolute atomic E-state index is 0.162. The van der Waals surface area contributed by atoms with Crippen molar-refractivity contribution >= 4 is 0 Å². The zero-order valence-electron chi connectivity index (χ0n) is 11.2. The van der Waals surface area contributed by atoms with Crippen molar-refractivity contribution in [3.8, 4) is 0 Å². The van der Waals surface area contributed by atoms with Crippen LogP contribution in [0.15, 0.2) is 0 Å². The summed E-state index contributed by atoms with van der Waals surface area (Å²) in [5.41, 5.74) is -0.162. The Bertz CT molecular complexity index is 196. The molecule has 96 valence electrons. The Hall–Kier alpha value is -0.160. The molecule has 2 N–H and O–H groups in total. The van der Waals surface area contributed by atoms with E-state index in [9.17, 15) is 5.11 Å². The Kier molecular flexibility index (Phi) is 5.18. The maximum absolute atomic E-state index is 9.36. The van der Waals surface area contributed by atoms with Crippen molar-refractivity contribution in [2.75, 3.05) is 47.4 Å². The molecule has 1 unspecified atom stereocenters. The van der Waals surface area contributed by atoms with Gasteiger partial charge in [0.25, 0.3) is 0 Å². The molecule has 1 heterocycles. The van der Waals surface area contributed by atoms with Crippen LogP contribution in [0.5, 0.6) is 0 Å². The third-order valence-electron chi connectivity index (χ3n) is 3.81. The van der Waals surface area contributed by atoms with Crippen molar-refractivity contribution in [2.24, 2.45) is 0 Å². The van der Waals surface area contributed by atoms with Gasteiger partial charge >= 0.3 is 0 Å². The molecule has 1 fully saturated rings. The molecule has 4 nitrogen and oxygen atoms in total. The number of likely N-dealkylation sites (tertiary alicyclic amines) is 1. The second kappa shape index (κ2) is 5.96. The van der Waals surface area contributed by atoms with Crippen molar-refractivity contribution in [3.05, 3.63) is 0 Å².